The molecular weight excluding hydrogens is 220 g/mol. The second-order valence-corrected chi connectivity index (χ2v) is 3.77. The first-order chi connectivity index (χ1) is 8.08. The van der Waals surface area contributed by atoms with Gasteiger partial charge >= 0.3 is 5.97 Å². The van der Waals surface area contributed by atoms with Crippen LogP contribution in [-0.4, -0.2) is 30.8 Å². The van der Waals surface area contributed by atoms with Crippen molar-refractivity contribution in [2.24, 2.45) is 0 Å². The summed E-state index contributed by atoms with van der Waals surface area (Å²) < 4.78 is 1.73. The van der Waals surface area contributed by atoms with Gasteiger partial charge in [0.15, 0.2) is 0 Å². The number of carboxylic acid groups (broad SMARTS) is 1. The molecule has 0 aromatic carbocycles. The number of hydrogen-bond acceptors (Lipinski definition) is 4. The molecule has 6 heteroatoms. The highest BCUT2D eigenvalue weighted by Gasteiger charge is 2.13. The van der Waals surface area contributed by atoms with Crippen molar-refractivity contribution >= 4 is 5.97 Å². The molecule has 17 heavy (non-hydrogen) atoms. The van der Waals surface area contributed by atoms with Crippen LogP contribution in [0.15, 0.2) is 18.6 Å². The van der Waals surface area contributed by atoms with Crippen molar-refractivity contribution in [1.29, 1.82) is 0 Å². The van der Waals surface area contributed by atoms with Crippen molar-refractivity contribution in [3.8, 4) is 0 Å². The van der Waals surface area contributed by atoms with E-state index in [1.54, 1.807) is 4.68 Å². The highest BCUT2D eigenvalue weighted by molar-refractivity contribution is 5.88. The maximum absolute atomic E-state index is 11.0. The maximum atomic E-state index is 11.0. The minimum absolute atomic E-state index is 0.111. The summed E-state index contributed by atoms with van der Waals surface area (Å²) in [5, 5.41) is 13.3. The Bertz CT molecular complexity index is 562. The van der Waals surface area contributed by atoms with E-state index >= 15 is 0 Å². The van der Waals surface area contributed by atoms with E-state index < -0.39 is 5.97 Å². The first-order valence-corrected chi connectivity index (χ1v) is 5.11. The highest BCUT2D eigenvalue weighted by atomic mass is 16.4. The minimum Gasteiger partial charge on any atom is -0.478 e. The summed E-state index contributed by atoms with van der Waals surface area (Å²) in [6, 6.07) is 1.93. The fraction of sp³-hybridized carbons (Fsp3) is 0.273. The SMILES string of the molecule is Cc1cc(C)n(Cc2ncncc2C(=O)O)n1. The molecule has 0 unspecified atom stereocenters. The molecule has 2 aromatic rings. The molecule has 6 nitrogen and oxygen atoms in total. The molecule has 0 spiro atoms. The average molecular weight is 232 g/mol. The number of nitrogens with zero attached hydrogens (tertiary/aromatic N) is 4. The minimum atomic E-state index is -1.03. The van der Waals surface area contributed by atoms with E-state index in [4.69, 9.17) is 5.11 Å². The van der Waals surface area contributed by atoms with Crippen LogP contribution < -0.4 is 0 Å². The Kier molecular flexibility index (Phi) is 2.86. The van der Waals surface area contributed by atoms with Crippen molar-refractivity contribution < 1.29 is 9.90 Å². The number of aromatic nitrogens is 4. The zero-order valence-corrected chi connectivity index (χ0v) is 9.58. The zero-order valence-electron chi connectivity index (χ0n) is 9.58. The quantitative estimate of drug-likeness (QED) is 0.855. The Hall–Kier alpha value is -2.24. The first kappa shape index (κ1) is 11.3. The third kappa shape index (κ3) is 2.30. The molecule has 2 rings (SSSR count). The molecule has 0 saturated carbocycles. The average Bonchev–Trinajstić information content (AvgIpc) is 2.58. The van der Waals surface area contributed by atoms with E-state index in [9.17, 15) is 4.79 Å². The summed E-state index contributed by atoms with van der Waals surface area (Å²) in [6.07, 6.45) is 2.64. The first-order valence-electron chi connectivity index (χ1n) is 5.11. The molecule has 88 valence electrons. The van der Waals surface area contributed by atoms with Crippen LogP contribution in [0.5, 0.6) is 0 Å². The summed E-state index contributed by atoms with van der Waals surface area (Å²) in [5.41, 5.74) is 2.43. The van der Waals surface area contributed by atoms with Gasteiger partial charge in [0.1, 0.15) is 11.9 Å². The van der Waals surface area contributed by atoms with Crippen LogP contribution in [-0.2, 0) is 6.54 Å². The van der Waals surface area contributed by atoms with Crippen LogP contribution in [0.2, 0.25) is 0 Å². The fourth-order valence-corrected chi connectivity index (χ4v) is 1.64. The van der Waals surface area contributed by atoms with Crippen LogP contribution >= 0.6 is 0 Å². The van der Waals surface area contributed by atoms with Gasteiger partial charge in [-0.3, -0.25) is 4.68 Å². The Morgan fingerprint density at radius 3 is 2.82 bits per heavy atom. The molecule has 2 heterocycles. The van der Waals surface area contributed by atoms with Crippen LogP contribution in [0, 0.1) is 13.8 Å². The molecule has 0 aliphatic heterocycles. The number of rotatable bonds is 3. The van der Waals surface area contributed by atoms with Crippen molar-refractivity contribution in [3.63, 3.8) is 0 Å². The van der Waals surface area contributed by atoms with Gasteiger partial charge in [0.05, 0.1) is 17.9 Å². The molecule has 0 fully saturated rings. The van der Waals surface area contributed by atoms with Crippen molar-refractivity contribution in [2.75, 3.05) is 0 Å². The number of carboxylic acids is 1. The predicted octanol–water partition coefficient (Wildman–Crippen LogP) is 1.04. The number of hydrogen-bond donors (Lipinski definition) is 1. The lowest BCUT2D eigenvalue weighted by Crippen LogP contribution is -2.11. The van der Waals surface area contributed by atoms with E-state index in [2.05, 4.69) is 15.1 Å². The molecule has 0 bridgehead atoms. The van der Waals surface area contributed by atoms with Crippen LogP contribution in [0.1, 0.15) is 27.4 Å². The lowest BCUT2D eigenvalue weighted by Gasteiger charge is -2.06. The Balaban J connectivity index is 2.36. The van der Waals surface area contributed by atoms with E-state index in [1.165, 1.54) is 12.5 Å². The van der Waals surface area contributed by atoms with Gasteiger partial charge in [-0.05, 0) is 19.9 Å². The van der Waals surface area contributed by atoms with Crippen LogP contribution in [0.4, 0.5) is 0 Å². The monoisotopic (exact) mass is 232 g/mol. The van der Waals surface area contributed by atoms with Crippen molar-refractivity contribution in [1.82, 2.24) is 19.7 Å². The van der Waals surface area contributed by atoms with Crippen molar-refractivity contribution in [3.05, 3.63) is 41.2 Å². The Labute approximate surface area is 98.0 Å². The lowest BCUT2D eigenvalue weighted by molar-refractivity contribution is 0.0694. The summed E-state index contributed by atoms with van der Waals surface area (Å²) in [7, 11) is 0. The molecular formula is C11H12N4O2. The summed E-state index contributed by atoms with van der Waals surface area (Å²) in [5.74, 6) is -1.03. The largest absolute Gasteiger partial charge is 0.478 e. The normalized spacial score (nSPS) is 10.5. The highest BCUT2D eigenvalue weighted by Crippen LogP contribution is 2.09. The third-order valence-corrected chi connectivity index (χ3v) is 2.43. The second kappa shape index (κ2) is 4.32. The number of aryl methyl sites for hydroxylation is 2. The van der Waals surface area contributed by atoms with Crippen LogP contribution in [0.3, 0.4) is 0 Å². The van der Waals surface area contributed by atoms with Gasteiger partial charge in [0.2, 0.25) is 0 Å². The molecule has 2 aromatic heterocycles. The maximum Gasteiger partial charge on any atom is 0.339 e. The van der Waals surface area contributed by atoms with Gasteiger partial charge in [0, 0.05) is 11.9 Å². The predicted molar refractivity (Wildman–Crippen MR) is 59.8 cm³/mol. The number of aromatic carboxylic acids is 1. The molecule has 0 amide bonds. The van der Waals surface area contributed by atoms with E-state index in [1.807, 2.05) is 19.9 Å². The van der Waals surface area contributed by atoms with E-state index in [-0.39, 0.29) is 5.56 Å². The molecule has 0 aliphatic carbocycles. The van der Waals surface area contributed by atoms with Gasteiger partial charge in [-0.2, -0.15) is 5.10 Å². The summed E-state index contributed by atoms with van der Waals surface area (Å²) >= 11 is 0. The Morgan fingerprint density at radius 2 is 2.24 bits per heavy atom. The molecule has 0 saturated heterocycles. The molecule has 0 atom stereocenters. The summed E-state index contributed by atoms with van der Waals surface area (Å²) in [6.45, 7) is 4.15. The van der Waals surface area contributed by atoms with E-state index in [0.29, 0.717) is 12.2 Å². The molecule has 0 aliphatic rings. The Morgan fingerprint density at radius 1 is 1.47 bits per heavy atom. The second-order valence-electron chi connectivity index (χ2n) is 3.77. The summed E-state index contributed by atoms with van der Waals surface area (Å²) in [4.78, 5) is 18.7. The number of carbonyl (C=O) groups is 1. The van der Waals surface area contributed by atoms with Gasteiger partial charge in [-0.1, -0.05) is 0 Å². The smallest absolute Gasteiger partial charge is 0.339 e. The van der Waals surface area contributed by atoms with Gasteiger partial charge in [-0.25, -0.2) is 14.8 Å². The zero-order chi connectivity index (χ0) is 12.4. The van der Waals surface area contributed by atoms with Gasteiger partial charge in [0.25, 0.3) is 0 Å². The van der Waals surface area contributed by atoms with Crippen LogP contribution in [0.25, 0.3) is 0 Å². The topological polar surface area (TPSA) is 80.9 Å². The third-order valence-electron chi connectivity index (χ3n) is 2.43. The van der Waals surface area contributed by atoms with Gasteiger partial charge in [-0.15, -0.1) is 0 Å². The fourth-order valence-electron chi connectivity index (χ4n) is 1.64. The lowest BCUT2D eigenvalue weighted by atomic mass is 10.2. The van der Waals surface area contributed by atoms with Crippen molar-refractivity contribution in [2.45, 2.75) is 20.4 Å². The standard InChI is InChI=1S/C11H12N4O2/c1-7-3-8(2)15(14-7)5-10-9(11(16)17)4-12-6-13-10/h3-4,6H,5H2,1-2H3,(H,16,17). The van der Waals surface area contributed by atoms with Gasteiger partial charge < -0.3 is 5.11 Å². The molecule has 0 radical (unpaired) electrons. The molecule has 1 N–H and O–H groups in total. The van der Waals surface area contributed by atoms with E-state index in [0.717, 1.165) is 11.4 Å².